The highest BCUT2D eigenvalue weighted by atomic mass is 79.9. The monoisotopic (exact) mass is 350 g/mol. The standard InChI is InChI=1S/C11H12Cl2N4.BrH/c1-2-6-17(11(14)15)16-7-8-9(12)4-3-5-10(8)13;/h2-5,7H,1,6H2,(H3,14,15);1H. The van der Waals surface area contributed by atoms with Crippen LogP contribution in [0.1, 0.15) is 5.56 Å². The summed E-state index contributed by atoms with van der Waals surface area (Å²) in [7, 11) is 0. The second-order valence-corrected chi connectivity index (χ2v) is 3.95. The Bertz CT molecular complexity index is 442. The quantitative estimate of drug-likeness (QED) is 0.378. The Kier molecular flexibility index (Phi) is 7.66. The number of nitrogens with zero attached hydrogens (tertiary/aromatic N) is 2. The number of benzene rings is 1. The van der Waals surface area contributed by atoms with E-state index in [9.17, 15) is 0 Å². The molecule has 0 atom stereocenters. The molecule has 0 amide bonds. The summed E-state index contributed by atoms with van der Waals surface area (Å²) < 4.78 is 0. The first-order valence-electron chi connectivity index (χ1n) is 4.76. The van der Waals surface area contributed by atoms with Gasteiger partial charge in [-0.1, -0.05) is 35.3 Å². The molecular formula is C11H13BrCl2N4. The van der Waals surface area contributed by atoms with Gasteiger partial charge in [0.2, 0.25) is 5.96 Å². The van der Waals surface area contributed by atoms with Gasteiger partial charge in [-0.15, -0.1) is 23.6 Å². The molecule has 0 heterocycles. The van der Waals surface area contributed by atoms with E-state index in [0.717, 1.165) is 0 Å². The van der Waals surface area contributed by atoms with Crippen molar-refractivity contribution in [3.8, 4) is 0 Å². The topological polar surface area (TPSA) is 65.5 Å². The van der Waals surface area contributed by atoms with Crippen LogP contribution in [0.2, 0.25) is 10.0 Å². The molecular weight excluding hydrogens is 339 g/mol. The lowest BCUT2D eigenvalue weighted by Crippen LogP contribution is -2.32. The molecule has 0 aromatic heterocycles. The van der Waals surface area contributed by atoms with E-state index in [4.69, 9.17) is 34.3 Å². The van der Waals surface area contributed by atoms with E-state index in [1.807, 2.05) is 0 Å². The van der Waals surface area contributed by atoms with Crippen LogP contribution in [-0.4, -0.2) is 23.7 Å². The number of hydrazone groups is 1. The maximum Gasteiger partial charge on any atom is 0.209 e. The lowest BCUT2D eigenvalue weighted by Gasteiger charge is -2.13. The van der Waals surface area contributed by atoms with Crippen molar-refractivity contribution >= 4 is 52.4 Å². The van der Waals surface area contributed by atoms with Crippen LogP contribution in [0.15, 0.2) is 36.0 Å². The van der Waals surface area contributed by atoms with Crippen molar-refractivity contribution in [1.29, 1.82) is 5.41 Å². The number of nitrogens with one attached hydrogen (secondary N) is 1. The molecule has 3 N–H and O–H groups in total. The van der Waals surface area contributed by atoms with E-state index in [1.54, 1.807) is 24.3 Å². The maximum atomic E-state index is 7.30. The maximum absolute atomic E-state index is 7.30. The summed E-state index contributed by atoms with van der Waals surface area (Å²) in [6.45, 7) is 3.89. The fourth-order valence-corrected chi connectivity index (χ4v) is 1.59. The molecule has 0 fully saturated rings. The number of hydrogen-bond acceptors (Lipinski definition) is 2. The van der Waals surface area contributed by atoms with E-state index < -0.39 is 0 Å². The number of nitrogens with two attached hydrogens (primary N) is 1. The molecule has 1 rings (SSSR count). The molecule has 7 heteroatoms. The van der Waals surface area contributed by atoms with E-state index >= 15 is 0 Å². The average molecular weight is 352 g/mol. The number of rotatable bonds is 4. The van der Waals surface area contributed by atoms with Crippen LogP contribution in [-0.2, 0) is 0 Å². The lowest BCUT2D eigenvalue weighted by molar-refractivity contribution is 0.488. The van der Waals surface area contributed by atoms with Crippen molar-refractivity contribution in [3.63, 3.8) is 0 Å². The minimum absolute atomic E-state index is 0. The Morgan fingerprint density at radius 1 is 1.44 bits per heavy atom. The van der Waals surface area contributed by atoms with Crippen molar-refractivity contribution in [1.82, 2.24) is 5.01 Å². The van der Waals surface area contributed by atoms with Gasteiger partial charge in [-0.25, -0.2) is 5.01 Å². The molecule has 0 aliphatic carbocycles. The minimum Gasteiger partial charge on any atom is -0.369 e. The normalized spacial score (nSPS) is 9.89. The molecule has 98 valence electrons. The Balaban J connectivity index is 0.00000289. The van der Waals surface area contributed by atoms with Crippen LogP contribution in [0.4, 0.5) is 0 Å². The molecule has 0 unspecified atom stereocenters. The second kappa shape index (κ2) is 8.13. The summed E-state index contributed by atoms with van der Waals surface area (Å²) in [4.78, 5) is 0. The Labute approximate surface area is 126 Å². The van der Waals surface area contributed by atoms with Crippen LogP contribution in [0.3, 0.4) is 0 Å². The molecule has 0 saturated carbocycles. The Morgan fingerprint density at radius 3 is 2.44 bits per heavy atom. The number of hydrogen-bond donors (Lipinski definition) is 2. The predicted octanol–water partition coefficient (Wildman–Crippen LogP) is 3.29. The molecule has 0 bridgehead atoms. The van der Waals surface area contributed by atoms with Gasteiger partial charge in [0, 0.05) is 5.56 Å². The van der Waals surface area contributed by atoms with Gasteiger partial charge in [-0.3, -0.25) is 5.41 Å². The fourth-order valence-electron chi connectivity index (χ4n) is 1.09. The second-order valence-electron chi connectivity index (χ2n) is 3.14. The first-order valence-corrected chi connectivity index (χ1v) is 5.52. The molecule has 0 aliphatic rings. The molecule has 0 saturated heterocycles. The van der Waals surface area contributed by atoms with Crippen LogP contribution < -0.4 is 5.73 Å². The summed E-state index contributed by atoms with van der Waals surface area (Å²) in [5.74, 6) is -0.177. The zero-order valence-electron chi connectivity index (χ0n) is 9.44. The largest absolute Gasteiger partial charge is 0.369 e. The Hall–Kier alpha value is -1.04. The van der Waals surface area contributed by atoms with Crippen LogP contribution in [0.5, 0.6) is 0 Å². The van der Waals surface area contributed by atoms with Crippen molar-refractivity contribution in [2.45, 2.75) is 0 Å². The van der Waals surface area contributed by atoms with E-state index in [1.165, 1.54) is 11.2 Å². The summed E-state index contributed by atoms with van der Waals surface area (Å²) in [5.41, 5.74) is 5.93. The highest BCUT2D eigenvalue weighted by Crippen LogP contribution is 2.22. The molecule has 0 spiro atoms. The first kappa shape index (κ1) is 17.0. The molecule has 0 aliphatic heterocycles. The van der Waals surface area contributed by atoms with Crippen molar-refractivity contribution in [2.24, 2.45) is 10.8 Å². The summed E-state index contributed by atoms with van der Waals surface area (Å²) in [6, 6.07) is 5.16. The molecule has 18 heavy (non-hydrogen) atoms. The van der Waals surface area contributed by atoms with E-state index in [2.05, 4.69) is 11.7 Å². The van der Waals surface area contributed by atoms with Gasteiger partial charge in [0.15, 0.2) is 0 Å². The number of halogens is 3. The van der Waals surface area contributed by atoms with Gasteiger partial charge in [0.25, 0.3) is 0 Å². The third kappa shape index (κ3) is 4.68. The third-order valence-corrected chi connectivity index (χ3v) is 2.57. The minimum atomic E-state index is -0.177. The van der Waals surface area contributed by atoms with Crippen molar-refractivity contribution in [3.05, 3.63) is 46.5 Å². The van der Waals surface area contributed by atoms with Crippen molar-refractivity contribution < 1.29 is 0 Å². The molecule has 0 radical (unpaired) electrons. The van der Waals surface area contributed by atoms with Gasteiger partial charge in [0.1, 0.15) is 0 Å². The summed E-state index contributed by atoms with van der Waals surface area (Å²) >= 11 is 11.9. The van der Waals surface area contributed by atoms with Gasteiger partial charge < -0.3 is 5.73 Å². The SMILES string of the molecule is Br.C=CCN(N=Cc1c(Cl)cccc1Cl)C(=N)N. The van der Waals surface area contributed by atoms with Crippen LogP contribution >= 0.6 is 40.2 Å². The fraction of sp³-hybridized carbons (Fsp3) is 0.0909. The molecule has 4 nitrogen and oxygen atoms in total. The highest BCUT2D eigenvalue weighted by Gasteiger charge is 2.04. The van der Waals surface area contributed by atoms with Gasteiger partial charge in [0.05, 0.1) is 22.8 Å². The summed E-state index contributed by atoms with van der Waals surface area (Å²) in [5, 5.41) is 13.6. The third-order valence-electron chi connectivity index (χ3n) is 1.91. The smallest absolute Gasteiger partial charge is 0.209 e. The van der Waals surface area contributed by atoms with E-state index in [0.29, 0.717) is 22.2 Å². The molecule has 1 aromatic carbocycles. The van der Waals surface area contributed by atoms with Gasteiger partial charge in [-0.05, 0) is 12.1 Å². The predicted molar refractivity (Wildman–Crippen MR) is 83.2 cm³/mol. The lowest BCUT2D eigenvalue weighted by atomic mass is 10.2. The first-order chi connectivity index (χ1) is 8.06. The van der Waals surface area contributed by atoms with Gasteiger partial charge >= 0.3 is 0 Å². The van der Waals surface area contributed by atoms with Gasteiger partial charge in [-0.2, -0.15) is 5.10 Å². The van der Waals surface area contributed by atoms with Crippen molar-refractivity contribution in [2.75, 3.05) is 6.54 Å². The Morgan fingerprint density at radius 2 is 2.00 bits per heavy atom. The van der Waals surface area contributed by atoms with Crippen LogP contribution in [0, 0.1) is 5.41 Å². The molecule has 1 aromatic rings. The van der Waals surface area contributed by atoms with Crippen LogP contribution in [0.25, 0.3) is 0 Å². The zero-order valence-corrected chi connectivity index (χ0v) is 12.7. The zero-order chi connectivity index (χ0) is 12.8. The summed E-state index contributed by atoms with van der Waals surface area (Å²) in [6.07, 6.45) is 3.06. The average Bonchev–Trinajstić information content (AvgIpc) is 2.26. The highest BCUT2D eigenvalue weighted by molar-refractivity contribution is 8.93. The van der Waals surface area contributed by atoms with E-state index in [-0.39, 0.29) is 22.9 Å². The number of guanidine groups is 1.